The summed E-state index contributed by atoms with van der Waals surface area (Å²) in [6.45, 7) is 0. The number of nitrogens with two attached hydrogens (primary N) is 1. The van der Waals surface area contributed by atoms with E-state index in [1.54, 1.807) is 0 Å². The van der Waals surface area contributed by atoms with E-state index in [4.69, 9.17) is 17.3 Å². The highest BCUT2D eigenvalue weighted by Gasteiger charge is 2.10. The number of amides is 1. The molecule has 82 valence electrons. The fraction of sp³-hybridized carbons (Fsp3) is 0. The fourth-order valence-electron chi connectivity index (χ4n) is 1.06. The molecule has 2 N–H and O–H groups in total. The van der Waals surface area contributed by atoms with Crippen molar-refractivity contribution in [2.45, 2.75) is 0 Å². The molecule has 0 fully saturated rings. The summed E-state index contributed by atoms with van der Waals surface area (Å²) in [5, 5.41) is 4.04. The molecule has 2 heterocycles. The molecular weight excluding hydrogens is 297 g/mol. The van der Waals surface area contributed by atoms with Crippen LogP contribution in [0.3, 0.4) is 0 Å². The smallest absolute Gasteiger partial charge is 0.251 e. The van der Waals surface area contributed by atoms with Gasteiger partial charge in [-0.05, 0) is 27.5 Å². The average molecular weight is 303 g/mol. The van der Waals surface area contributed by atoms with E-state index in [1.807, 2.05) is 0 Å². The van der Waals surface area contributed by atoms with Gasteiger partial charge in [-0.15, -0.1) is 0 Å². The summed E-state index contributed by atoms with van der Waals surface area (Å²) >= 11 is 8.91. The lowest BCUT2D eigenvalue weighted by Gasteiger charge is -2.02. The number of rotatable bonds is 2. The molecule has 0 aromatic carbocycles. The van der Waals surface area contributed by atoms with Crippen molar-refractivity contribution in [2.75, 3.05) is 0 Å². The predicted molar refractivity (Wildman–Crippen MR) is 60.4 cm³/mol. The van der Waals surface area contributed by atoms with Gasteiger partial charge in [-0.1, -0.05) is 0 Å². The highest BCUT2D eigenvalue weighted by Crippen LogP contribution is 2.18. The third-order valence-electron chi connectivity index (χ3n) is 1.78. The maximum atomic E-state index is 10.9. The molecule has 0 aliphatic rings. The molecule has 1 amide bonds. The molecule has 0 aliphatic carbocycles. The van der Waals surface area contributed by atoms with Gasteiger partial charge in [-0.2, -0.15) is 10.1 Å². The summed E-state index contributed by atoms with van der Waals surface area (Å²) in [7, 11) is 0. The zero-order valence-electron chi connectivity index (χ0n) is 7.76. The summed E-state index contributed by atoms with van der Waals surface area (Å²) in [5.41, 5.74) is 5.40. The Bertz CT molecular complexity index is 555. The molecular formula is C8H5BrClN5O. The van der Waals surface area contributed by atoms with Crippen molar-refractivity contribution in [1.29, 1.82) is 0 Å². The lowest BCUT2D eigenvalue weighted by atomic mass is 10.3. The van der Waals surface area contributed by atoms with Gasteiger partial charge in [0.05, 0.1) is 16.2 Å². The Morgan fingerprint density at radius 2 is 2.25 bits per heavy atom. The minimum atomic E-state index is -0.553. The van der Waals surface area contributed by atoms with Gasteiger partial charge in [-0.3, -0.25) is 4.79 Å². The number of aromatic nitrogens is 4. The van der Waals surface area contributed by atoms with Crippen LogP contribution in [0.5, 0.6) is 0 Å². The molecule has 0 bridgehead atoms. The molecule has 6 nitrogen and oxygen atoms in total. The van der Waals surface area contributed by atoms with Crippen molar-refractivity contribution in [3.05, 3.63) is 33.9 Å². The number of hydrogen-bond donors (Lipinski definition) is 1. The van der Waals surface area contributed by atoms with E-state index in [-0.39, 0.29) is 5.28 Å². The van der Waals surface area contributed by atoms with E-state index >= 15 is 0 Å². The number of nitrogens with zero attached hydrogens (tertiary/aromatic N) is 4. The molecule has 8 heteroatoms. The van der Waals surface area contributed by atoms with Gasteiger partial charge in [0.2, 0.25) is 5.28 Å². The SMILES string of the molecule is NC(=O)c1cnn(-c2nc(Cl)ncc2Br)c1. The quantitative estimate of drug-likeness (QED) is 0.844. The predicted octanol–water partition coefficient (Wildman–Crippen LogP) is 1.18. The van der Waals surface area contributed by atoms with Gasteiger partial charge in [0.15, 0.2) is 5.82 Å². The van der Waals surface area contributed by atoms with Crippen molar-refractivity contribution >= 4 is 33.4 Å². The van der Waals surface area contributed by atoms with Gasteiger partial charge >= 0.3 is 0 Å². The topological polar surface area (TPSA) is 86.7 Å². The number of halogens is 2. The van der Waals surface area contributed by atoms with Gasteiger partial charge in [0.25, 0.3) is 5.91 Å². The van der Waals surface area contributed by atoms with E-state index in [1.165, 1.54) is 23.3 Å². The summed E-state index contributed by atoms with van der Waals surface area (Å²) in [6, 6.07) is 0. The molecule has 0 radical (unpaired) electrons. The normalized spacial score (nSPS) is 10.4. The number of carbonyl (C=O) groups is 1. The van der Waals surface area contributed by atoms with Crippen molar-refractivity contribution < 1.29 is 4.79 Å². The first-order valence-electron chi connectivity index (χ1n) is 4.11. The average Bonchev–Trinajstić information content (AvgIpc) is 2.70. The molecule has 0 aliphatic heterocycles. The minimum absolute atomic E-state index is 0.0920. The molecule has 0 saturated carbocycles. The van der Waals surface area contributed by atoms with Crippen LogP contribution >= 0.6 is 27.5 Å². The van der Waals surface area contributed by atoms with Crippen LogP contribution in [0.25, 0.3) is 5.82 Å². The zero-order chi connectivity index (χ0) is 11.7. The van der Waals surface area contributed by atoms with Crippen molar-refractivity contribution in [2.24, 2.45) is 5.73 Å². The molecule has 2 aromatic heterocycles. The zero-order valence-corrected chi connectivity index (χ0v) is 10.1. The Balaban J connectivity index is 2.50. The van der Waals surface area contributed by atoms with Crippen LogP contribution in [-0.4, -0.2) is 25.7 Å². The lowest BCUT2D eigenvalue weighted by molar-refractivity contribution is 0.100. The van der Waals surface area contributed by atoms with Crippen LogP contribution in [0.15, 0.2) is 23.1 Å². The van der Waals surface area contributed by atoms with E-state index in [9.17, 15) is 4.79 Å². The van der Waals surface area contributed by atoms with Crippen LogP contribution < -0.4 is 5.73 Å². The van der Waals surface area contributed by atoms with Crippen molar-refractivity contribution in [3.63, 3.8) is 0 Å². The monoisotopic (exact) mass is 301 g/mol. The first kappa shape index (κ1) is 11.0. The Hall–Kier alpha value is -1.47. The molecule has 0 atom stereocenters. The van der Waals surface area contributed by atoms with Crippen molar-refractivity contribution in [1.82, 2.24) is 19.7 Å². The molecule has 0 spiro atoms. The second-order valence-corrected chi connectivity index (χ2v) is 4.04. The third-order valence-corrected chi connectivity index (χ3v) is 2.52. The molecule has 16 heavy (non-hydrogen) atoms. The number of hydrogen-bond acceptors (Lipinski definition) is 4. The van der Waals surface area contributed by atoms with Crippen LogP contribution in [-0.2, 0) is 0 Å². The maximum Gasteiger partial charge on any atom is 0.251 e. The van der Waals surface area contributed by atoms with Gasteiger partial charge in [0, 0.05) is 12.4 Å². The molecule has 2 aromatic rings. The highest BCUT2D eigenvalue weighted by atomic mass is 79.9. The maximum absolute atomic E-state index is 10.9. The largest absolute Gasteiger partial charge is 0.366 e. The number of primary amides is 1. The number of carbonyl (C=O) groups excluding carboxylic acids is 1. The Morgan fingerprint density at radius 3 is 2.88 bits per heavy atom. The first-order valence-corrected chi connectivity index (χ1v) is 5.28. The minimum Gasteiger partial charge on any atom is -0.366 e. The van der Waals surface area contributed by atoms with Gasteiger partial charge < -0.3 is 5.73 Å². The standard InChI is InChI=1S/C8H5BrClN5O/c9-5-2-12-8(10)14-7(5)15-3-4(1-13-15)6(11)16/h1-3H,(H2,11,16). The molecule has 0 saturated heterocycles. The van der Waals surface area contributed by atoms with Crippen molar-refractivity contribution in [3.8, 4) is 5.82 Å². The Labute approximate surface area is 104 Å². The van der Waals surface area contributed by atoms with E-state index in [2.05, 4.69) is 31.0 Å². The lowest BCUT2D eigenvalue weighted by Crippen LogP contribution is -2.09. The van der Waals surface area contributed by atoms with E-state index in [0.717, 1.165) is 0 Å². The summed E-state index contributed by atoms with van der Waals surface area (Å²) in [5.74, 6) is -0.116. The summed E-state index contributed by atoms with van der Waals surface area (Å²) in [4.78, 5) is 18.6. The summed E-state index contributed by atoms with van der Waals surface area (Å²) in [6.07, 6.45) is 4.31. The van der Waals surface area contributed by atoms with Crippen LogP contribution in [0.4, 0.5) is 0 Å². The Kier molecular flexibility index (Phi) is 2.88. The highest BCUT2D eigenvalue weighted by molar-refractivity contribution is 9.10. The Morgan fingerprint density at radius 1 is 1.50 bits per heavy atom. The second-order valence-electron chi connectivity index (χ2n) is 2.85. The third kappa shape index (κ3) is 2.05. The summed E-state index contributed by atoms with van der Waals surface area (Å²) < 4.78 is 1.99. The molecule has 0 unspecified atom stereocenters. The van der Waals surface area contributed by atoms with Gasteiger partial charge in [-0.25, -0.2) is 9.67 Å². The van der Waals surface area contributed by atoms with Crippen LogP contribution in [0.1, 0.15) is 10.4 Å². The van der Waals surface area contributed by atoms with Crippen LogP contribution in [0.2, 0.25) is 5.28 Å². The second kappa shape index (κ2) is 4.18. The van der Waals surface area contributed by atoms with E-state index < -0.39 is 5.91 Å². The fourth-order valence-corrected chi connectivity index (χ4v) is 1.57. The van der Waals surface area contributed by atoms with Crippen LogP contribution in [0, 0.1) is 0 Å². The van der Waals surface area contributed by atoms with Gasteiger partial charge in [0.1, 0.15) is 0 Å². The van der Waals surface area contributed by atoms with E-state index in [0.29, 0.717) is 15.9 Å². The first-order chi connectivity index (χ1) is 7.58. The molecule has 2 rings (SSSR count).